The van der Waals surface area contributed by atoms with Gasteiger partial charge in [-0.25, -0.2) is 0 Å². The second-order valence-electron chi connectivity index (χ2n) is 8.05. The van der Waals surface area contributed by atoms with Crippen molar-refractivity contribution in [3.63, 3.8) is 0 Å². The van der Waals surface area contributed by atoms with E-state index in [0.29, 0.717) is 15.3 Å². The first-order valence-electron chi connectivity index (χ1n) is 11.4. The Labute approximate surface area is 196 Å². The molecule has 166 valence electrons. The van der Waals surface area contributed by atoms with Crippen molar-refractivity contribution in [2.45, 2.75) is 32.6 Å². The van der Waals surface area contributed by atoms with Gasteiger partial charge in [-0.3, -0.25) is 4.79 Å². The maximum atomic E-state index is 13.0. The lowest BCUT2D eigenvalue weighted by Crippen LogP contribution is -2.23. The molecule has 33 heavy (non-hydrogen) atoms. The normalized spacial score (nSPS) is 12.1. The van der Waals surface area contributed by atoms with Gasteiger partial charge in [0.05, 0.1) is 11.1 Å². The Balaban J connectivity index is 1.38. The first-order valence-corrected chi connectivity index (χ1v) is 12.2. The van der Waals surface area contributed by atoms with Crippen LogP contribution in [0.3, 0.4) is 0 Å². The highest BCUT2D eigenvalue weighted by molar-refractivity contribution is 7.15. The minimum atomic E-state index is -0.145. The molecule has 5 nitrogen and oxygen atoms in total. The van der Waals surface area contributed by atoms with E-state index in [2.05, 4.69) is 35.2 Å². The van der Waals surface area contributed by atoms with Crippen molar-refractivity contribution < 1.29 is 4.74 Å². The molecule has 0 N–H and O–H groups in total. The molecule has 5 aromatic rings. The maximum absolute atomic E-state index is 13.0. The van der Waals surface area contributed by atoms with Crippen LogP contribution in [0.4, 0.5) is 0 Å². The lowest BCUT2D eigenvalue weighted by molar-refractivity contribution is 0.305. The van der Waals surface area contributed by atoms with Crippen LogP contribution in [-0.2, 0) is 0 Å². The van der Waals surface area contributed by atoms with Gasteiger partial charge in [0.25, 0.3) is 5.56 Å². The van der Waals surface area contributed by atoms with Gasteiger partial charge in [0.2, 0.25) is 4.96 Å². The molecule has 0 saturated heterocycles. The summed E-state index contributed by atoms with van der Waals surface area (Å²) in [5, 5.41) is 6.74. The summed E-state index contributed by atoms with van der Waals surface area (Å²) in [7, 11) is 0. The molecule has 6 heteroatoms. The molecule has 0 radical (unpaired) electrons. The third-order valence-electron chi connectivity index (χ3n) is 5.67. The van der Waals surface area contributed by atoms with E-state index in [0.717, 1.165) is 40.7 Å². The van der Waals surface area contributed by atoms with Gasteiger partial charge in [0.15, 0.2) is 5.82 Å². The summed E-state index contributed by atoms with van der Waals surface area (Å²) >= 11 is 1.36. The average molecular weight is 456 g/mol. The Morgan fingerprint density at radius 1 is 0.970 bits per heavy atom. The molecule has 0 atom stereocenters. The SMILES string of the molecule is CCCCCCOc1ccc(-c2nc3sc(=Cc4cccc5ccccc45)c(=O)n3n2)cc1. The highest BCUT2D eigenvalue weighted by Gasteiger charge is 2.12. The fourth-order valence-corrected chi connectivity index (χ4v) is 4.79. The average Bonchev–Trinajstić information content (AvgIpc) is 3.39. The first-order chi connectivity index (χ1) is 16.2. The zero-order valence-corrected chi connectivity index (χ0v) is 19.3. The predicted octanol–water partition coefficient (Wildman–Crippen LogP) is 5.48. The molecular formula is C27H25N3O2S. The van der Waals surface area contributed by atoms with Crippen LogP contribution in [0.5, 0.6) is 5.75 Å². The number of benzene rings is 3. The lowest BCUT2D eigenvalue weighted by atomic mass is 10.0. The minimum absolute atomic E-state index is 0.145. The Kier molecular flexibility index (Phi) is 6.17. The van der Waals surface area contributed by atoms with E-state index in [-0.39, 0.29) is 5.56 Å². The Hall–Kier alpha value is -3.51. The molecule has 0 aliphatic heterocycles. The number of rotatable bonds is 8. The van der Waals surface area contributed by atoms with Crippen molar-refractivity contribution in [3.05, 3.63) is 87.2 Å². The van der Waals surface area contributed by atoms with Crippen molar-refractivity contribution >= 4 is 33.1 Å². The van der Waals surface area contributed by atoms with Crippen molar-refractivity contribution in [2.75, 3.05) is 6.61 Å². The van der Waals surface area contributed by atoms with Crippen molar-refractivity contribution in [3.8, 4) is 17.1 Å². The molecule has 5 rings (SSSR count). The van der Waals surface area contributed by atoms with Crippen LogP contribution in [0.25, 0.3) is 33.2 Å². The number of ether oxygens (including phenoxy) is 1. The van der Waals surface area contributed by atoms with Crippen LogP contribution in [0.15, 0.2) is 71.5 Å². The third-order valence-corrected chi connectivity index (χ3v) is 6.63. The Morgan fingerprint density at radius 3 is 2.61 bits per heavy atom. The van der Waals surface area contributed by atoms with Crippen LogP contribution >= 0.6 is 11.3 Å². The standard InChI is InChI=1S/C27H25N3O2S/c1-2-3-4-7-17-32-22-15-13-20(14-16-22)25-28-27-30(29-25)26(31)24(33-27)18-21-11-8-10-19-9-5-6-12-23(19)21/h5-6,8-16,18H,2-4,7,17H2,1H3. The number of aromatic nitrogens is 3. The van der Waals surface area contributed by atoms with Gasteiger partial charge in [0, 0.05) is 5.56 Å². The molecule has 0 spiro atoms. The molecule has 0 unspecified atom stereocenters. The zero-order chi connectivity index (χ0) is 22.6. The van der Waals surface area contributed by atoms with E-state index in [9.17, 15) is 4.79 Å². The van der Waals surface area contributed by atoms with E-state index >= 15 is 0 Å². The Bertz CT molecular complexity index is 1500. The van der Waals surface area contributed by atoms with Gasteiger partial charge in [0.1, 0.15) is 5.75 Å². The highest BCUT2D eigenvalue weighted by Crippen LogP contribution is 2.22. The van der Waals surface area contributed by atoms with E-state index in [4.69, 9.17) is 4.74 Å². The first kappa shape index (κ1) is 21.3. The third kappa shape index (κ3) is 4.52. The second-order valence-corrected chi connectivity index (χ2v) is 9.06. The monoisotopic (exact) mass is 455 g/mol. The molecule has 0 fully saturated rings. The molecule has 2 aromatic heterocycles. The van der Waals surface area contributed by atoms with Gasteiger partial charge in [-0.1, -0.05) is 80.0 Å². The summed E-state index contributed by atoms with van der Waals surface area (Å²) in [5.41, 5.74) is 1.73. The number of unbranched alkanes of at least 4 members (excludes halogenated alkanes) is 3. The van der Waals surface area contributed by atoms with Crippen molar-refractivity contribution in [1.29, 1.82) is 0 Å². The fourth-order valence-electron chi connectivity index (χ4n) is 3.89. The van der Waals surface area contributed by atoms with Gasteiger partial charge < -0.3 is 4.74 Å². The number of nitrogens with zero attached hydrogens (tertiary/aromatic N) is 3. The Morgan fingerprint density at radius 2 is 1.79 bits per heavy atom. The van der Waals surface area contributed by atoms with Crippen LogP contribution in [-0.4, -0.2) is 21.2 Å². The van der Waals surface area contributed by atoms with Crippen molar-refractivity contribution in [2.24, 2.45) is 0 Å². The van der Waals surface area contributed by atoms with Gasteiger partial charge >= 0.3 is 0 Å². The van der Waals surface area contributed by atoms with E-state index in [1.165, 1.54) is 35.1 Å². The summed E-state index contributed by atoms with van der Waals surface area (Å²) in [6, 6.07) is 22.0. The summed E-state index contributed by atoms with van der Waals surface area (Å²) in [4.78, 5) is 18.2. The van der Waals surface area contributed by atoms with Gasteiger partial charge in [-0.2, -0.15) is 9.50 Å². The molecule has 0 aliphatic carbocycles. The topological polar surface area (TPSA) is 56.5 Å². The smallest absolute Gasteiger partial charge is 0.291 e. The molecule has 0 amide bonds. The largest absolute Gasteiger partial charge is 0.494 e. The number of thiazole rings is 1. The summed E-state index contributed by atoms with van der Waals surface area (Å²) in [6.07, 6.45) is 6.66. The number of hydrogen-bond donors (Lipinski definition) is 0. The fraction of sp³-hybridized carbons (Fsp3) is 0.222. The summed E-state index contributed by atoms with van der Waals surface area (Å²) in [5.74, 6) is 1.39. The maximum Gasteiger partial charge on any atom is 0.291 e. The molecule has 0 aliphatic rings. The minimum Gasteiger partial charge on any atom is -0.494 e. The van der Waals surface area contributed by atoms with Crippen LogP contribution in [0, 0.1) is 0 Å². The quantitative estimate of drug-likeness (QED) is 0.291. The molecule has 0 saturated carbocycles. The zero-order valence-electron chi connectivity index (χ0n) is 18.5. The number of hydrogen-bond acceptors (Lipinski definition) is 5. The highest BCUT2D eigenvalue weighted by atomic mass is 32.1. The summed E-state index contributed by atoms with van der Waals surface area (Å²) in [6.45, 7) is 2.93. The van der Waals surface area contributed by atoms with Gasteiger partial charge in [-0.05, 0) is 53.1 Å². The second kappa shape index (κ2) is 9.55. The van der Waals surface area contributed by atoms with Gasteiger partial charge in [-0.15, -0.1) is 5.10 Å². The predicted molar refractivity (Wildman–Crippen MR) is 135 cm³/mol. The van der Waals surface area contributed by atoms with Crippen LogP contribution in [0.2, 0.25) is 0 Å². The molecule has 2 heterocycles. The van der Waals surface area contributed by atoms with E-state index in [1.54, 1.807) is 0 Å². The molecule has 0 bridgehead atoms. The van der Waals surface area contributed by atoms with E-state index in [1.807, 2.05) is 54.6 Å². The molecule has 3 aromatic carbocycles. The lowest BCUT2D eigenvalue weighted by Gasteiger charge is -2.06. The summed E-state index contributed by atoms with van der Waals surface area (Å²) < 4.78 is 7.83. The van der Waals surface area contributed by atoms with Crippen molar-refractivity contribution in [1.82, 2.24) is 14.6 Å². The van der Waals surface area contributed by atoms with Crippen LogP contribution in [0.1, 0.15) is 38.2 Å². The van der Waals surface area contributed by atoms with E-state index < -0.39 is 0 Å². The van der Waals surface area contributed by atoms with Crippen LogP contribution < -0.4 is 14.8 Å². The number of fused-ring (bicyclic) bond motifs is 2. The molecular weight excluding hydrogens is 430 g/mol.